The third-order valence-electron chi connectivity index (χ3n) is 5.33. The lowest BCUT2D eigenvalue weighted by atomic mass is 9.73. The SMILES string of the molecule is CCN1C2CCCCC2C2CCCCC21.[H+]. The van der Waals surface area contributed by atoms with Gasteiger partial charge in [0, 0.05) is 12.1 Å². The Morgan fingerprint density at radius 3 is 1.80 bits per heavy atom. The molecule has 86 valence electrons. The highest BCUT2D eigenvalue weighted by atomic mass is 15.2. The van der Waals surface area contributed by atoms with Crippen LogP contribution >= 0.6 is 0 Å². The average Bonchev–Trinajstić information content (AvgIpc) is 2.63. The van der Waals surface area contributed by atoms with Gasteiger partial charge in [0.2, 0.25) is 0 Å². The second-order valence-electron chi connectivity index (χ2n) is 5.86. The molecular formula is C14H26N+. The lowest BCUT2D eigenvalue weighted by molar-refractivity contribution is 0.147. The second kappa shape index (κ2) is 4.08. The van der Waals surface area contributed by atoms with Crippen molar-refractivity contribution in [3.8, 4) is 0 Å². The van der Waals surface area contributed by atoms with E-state index in [1.165, 1.54) is 45.1 Å². The van der Waals surface area contributed by atoms with Crippen molar-refractivity contribution in [1.29, 1.82) is 0 Å². The van der Waals surface area contributed by atoms with E-state index in [0.717, 1.165) is 23.9 Å². The van der Waals surface area contributed by atoms with E-state index >= 15 is 0 Å². The van der Waals surface area contributed by atoms with Gasteiger partial charge in [-0.05, 0) is 44.1 Å². The zero-order valence-corrected chi connectivity index (χ0v) is 10.1. The van der Waals surface area contributed by atoms with Crippen molar-refractivity contribution >= 4 is 0 Å². The van der Waals surface area contributed by atoms with Gasteiger partial charge in [0.15, 0.2) is 0 Å². The van der Waals surface area contributed by atoms with E-state index < -0.39 is 0 Å². The zero-order chi connectivity index (χ0) is 10.3. The fraction of sp³-hybridized carbons (Fsp3) is 1.00. The van der Waals surface area contributed by atoms with Crippen LogP contribution in [-0.4, -0.2) is 23.5 Å². The molecule has 0 N–H and O–H groups in total. The van der Waals surface area contributed by atoms with Crippen molar-refractivity contribution in [1.82, 2.24) is 4.90 Å². The Bertz CT molecular complexity index is 177. The summed E-state index contributed by atoms with van der Waals surface area (Å²) in [6.07, 6.45) is 12.1. The molecule has 1 aliphatic heterocycles. The molecule has 2 saturated carbocycles. The lowest BCUT2D eigenvalue weighted by Gasteiger charge is -2.33. The molecule has 1 nitrogen and oxygen atoms in total. The van der Waals surface area contributed by atoms with Crippen LogP contribution in [-0.2, 0) is 0 Å². The largest absolute Gasteiger partial charge is 1.00 e. The van der Waals surface area contributed by atoms with E-state index in [4.69, 9.17) is 0 Å². The molecule has 0 radical (unpaired) electrons. The van der Waals surface area contributed by atoms with Crippen LogP contribution in [0.5, 0.6) is 0 Å². The van der Waals surface area contributed by atoms with Gasteiger partial charge < -0.3 is 0 Å². The molecule has 0 amide bonds. The molecule has 0 aromatic carbocycles. The highest BCUT2D eigenvalue weighted by molar-refractivity contribution is 5.02. The molecule has 4 atom stereocenters. The third kappa shape index (κ3) is 1.54. The minimum absolute atomic E-state index is 0. The first-order valence-electron chi connectivity index (χ1n) is 7.17. The fourth-order valence-corrected chi connectivity index (χ4v) is 4.82. The van der Waals surface area contributed by atoms with Crippen molar-refractivity contribution in [3.63, 3.8) is 0 Å². The standard InChI is InChI=1S/C14H25N/c1-2-15-13-9-5-3-7-11(13)12-8-4-6-10-14(12)15/h11-14H,2-10H2,1H3/p+1. The van der Waals surface area contributed by atoms with Gasteiger partial charge in [-0.25, -0.2) is 0 Å². The molecule has 0 bridgehead atoms. The van der Waals surface area contributed by atoms with E-state index in [1.54, 1.807) is 12.8 Å². The summed E-state index contributed by atoms with van der Waals surface area (Å²) in [5, 5.41) is 0. The first-order valence-corrected chi connectivity index (χ1v) is 7.17. The quantitative estimate of drug-likeness (QED) is 0.637. The minimum Gasteiger partial charge on any atom is -0.297 e. The fourth-order valence-electron chi connectivity index (χ4n) is 4.82. The number of nitrogens with zero attached hydrogens (tertiary/aromatic N) is 1. The van der Waals surface area contributed by atoms with Gasteiger partial charge in [-0.15, -0.1) is 0 Å². The summed E-state index contributed by atoms with van der Waals surface area (Å²) in [4.78, 5) is 2.88. The predicted molar refractivity (Wildman–Crippen MR) is 65.0 cm³/mol. The monoisotopic (exact) mass is 208 g/mol. The van der Waals surface area contributed by atoms with Gasteiger partial charge in [0.05, 0.1) is 0 Å². The maximum Gasteiger partial charge on any atom is 1.00 e. The Morgan fingerprint density at radius 2 is 1.33 bits per heavy atom. The number of likely N-dealkylation sites (tertiary alicyclic amines) is 1. The number of hydrogen-bond acceptors (Lipinski definition) is 1. The van der Waals surface area contributed by atoms with Gasteiger partial charge in [-0.3, -0.25) is 4.90 Å². The summed E-state index contributed by atoms with van der Waals surface area (Å²) in [6.45, 7) is 3.69. The van der Waals surface area contributed by atoms with E-state index in [-0.39, 0.29) is 1.43 Å². The van der Waals surface area contributed by atoms with Gasteiger partial charge >= 0.3 is 1.43 Å². The maximum atomic E-state index is 2.88. The lowest BCUT2D eigenvalue weighted by Crippen LogP contribution is -2.39. The molecule has 1 heteroatoms. The summed E-state index contributed by atoms with van der Waals surface area (Å²) in [6, 6.07) is 1.97. The van der Waals surface area contributed by atoms with Crippen molar-refractivity contribution in [2.45, 2.75) is 70.4 Å². The highest BCUT2D eigenvalue weighted by Crippen LogP contribution is 2.48. The van der Waals surface area contributed by atoms with Gasteiger partial charge in [-0.2, -0.15) is 0 Å². The Morgan fingerprint density at radius 1 is 0.867 bits per heavy atom. The summed E-state index contributed by atoms with van der Waals surface area (Å²) in [7, 11) is 0. The Kier molecular flexibility index (Phi) is 2.76. The van der Waals surface area contributed by atoms with Crippen molar-refractivity contribution in [2.75, 3.05) is 6.54 Å². The van der Waals surface area contributed by atoms with Crippen molar-refractivity contribution < 1.29 is 1.43 Å². The number of fused-ring (bicyclic) bond motifs is 3. The molecule has 0 aromatic heterocycles. The molecule has 15 heavy (non-hydrogen) atoms. The normalized spacial score (nSPS) is 46.2. The molecule has 3 rings (SSSR count). The van der Waals surface area contributed by atoms with Gasteiger partial charge in [0.1, 0.15) is 0 Å². The van der Waals surface area contributed by atoms with E-state index in [1.807, 2.05) is 0 Å². The van der Waals surface area contributed by atoms with Crippen LogP contribution in [0.1, 0.15) is 59.7 Å². The van der Waals surface area contributed by atoms with Crippen LogP contribution in [0, 0.1) is 11.8 Å². The first-order chi connectivity index (χ1) is 7.42. The van der Waals surface area contributed by atoms with Crippen LogP contribution in [0.4, 0.5) is 0 Å². The molecule has 2 aliphatic carbocycles. The Labute approximate surface area is 95.7 Å². The Balaban J connectivity index is 0.000000963. The van der Waals surface area contributed by atoms with Gasteiger partial charge in [0.25, 0.3) is 0 Å². The molecule has 1 heterocycles. The predicted octanol–water partition coefficient (Wildman–Crippen LogP) is 3.55. The first kappa shape index (κ1) is 10.1. The molecule has 0 aromatic rings. The Hall–Kier alpha value is -0.0400. The summed E-state index contributed by atoms with van der Waals surface area (Å²) in [5.41, 5.74) is 0. The third-order valence-corrected chi connectivity index (χ3v) is 5.33. The van der Waals surface area contributed by atoms with E-state index in [9.17, 15) is 0 Å². The second-order valence-corrected chi connectivity index (χ2v) is 5.86. The van der Waals surface area contributed by atoms with Crippen LogP contribution < -0.4 is 0 Å². The van der Waals surface area contributed by atoms with E-state index in [2.05, 4.69) is 11.8 Å². The van der Waals surface area contributed by atoms with Crippen LogP contribution in [0.25, 0.3) is 0 Å². The van der Waals surface area contributed by atoms with E-state index in [0.29, 0.717) is 0 Å². The maximum absolute atomic E-state index is 2.88. The zero-order valence-electron chi connectivity index (χ0n) is 11.1. The van der Waals surface area contributed by atoms with Crippen molar-refractivity contribution in [3.05, 3.63) is 0 Å². The molecule has 0 spiro atoms. The molecule has 3 fully saturated rings. The molecular weight excluding hydrogens is 182 g/mol. The highest BCUT2D eigenvalue weighted by Gasteiger charge is 2.48. The molecule has 3 aliphatic rings. The average molecular weight is 208 g/mol. The minimum atomic E-state index is 0. The number of hydrogen-bond donors (Lipinski definition) is 0. The van der Waals surface area contributed by atoms with Gasteiger partial charge in [-0.1, -0.05) is 32.6 Å². The molecule has 4 unspecified atom stereocenters. The van der Waals surface area contributed by atoms with Crippen LogP contribution in [0.2, 0.25) is 0 Å². The van der Waals surface area contributed by atoms with Crippen LogP contribution in [0.15, 0.2) is 0 Å². The topological polar surface area (TPSA) is 3.24 Å². The summed E-state index contributed by atoms with van der Waals surface area (Å²) in [5.74, 6) is 2.17. The molecule has 1 saturated heterocycles. The summed E-state index contributed by atoms with van der Waals surface area (Å²) < 4.78 is 0. The summed E-state index contributed by atoms with van der Waals surface area (Å²) >= 11 is 0. The van der Waals surface area contributed by atoms with Crippen molar-refractivity contribution in [2.24, 2.45) is 11.8 Å². The van der Waals surface area contributed by atoms with Crippen LogP contribution in [0.3, 0.4) is 0 Å². The smallest absolute Gasteiger partial charge is 0.297 e. The number of rotatable bonds is 1.